The first-order chi connectivity index (χ1) is 8.70. The van der Waals surface area contributed by atoms with E-state index in [2.05, 4.69) is 0 Å². The molecule has 1 aromatic carbocycles. The second kappa shape index (κ2) is 5.70. The lowest BCUT2D eigenvalue weighted by atomic mass is 10.1. The molecule has 2 rings (SSSR count). The Morgan fingerprint density at radius 1 is 1.33 bits per heavy atom. The van der Waals surface area contributed by atoms with Crippen LogP contribution in [0.5, 0.6) is 11.5 Å². The number of carbonyl (C=O) groups is 1. The van der Waals surface area contributed by atoms with Gasteiger partial charge in [-0.3, -0.25) is 10.2 Å². The van der Waals surface area contributed by atoms with Gasteiger partial charge in [0.1, 0.15) is 0 Å². The van der Waals surface area contributed by atoms with Crippen LogP contribution >= 0.6 is 0 Å². The van der Waals surface area contributed by atoms with E-state index in [1.807, 2.05) is 23.6 Å². The van der Waals surface area contributed by atoms with Gasteiger partial charge in [-0.25, -0.2) is 5.84 Å². The van der Waals surface area contributed by atoms with Crippen molar-refractivity contribution < 1.29 is 14.3 Å². The fraction of sp³-hybridized carbons (Fsp3) is 0.417. The summed E-state index contributed by atoms with van der Waals surface area (Å²) in [6, 6.07) is 4.89. The van der Waals surface area contributed by atoms with Crippen molar-refractivity contribution in [2.75, 3.05) is 13.2 Å². The Balaban J connectivity index is 2.10. The van der Waals surface area contributed by atoms with Crippen molar-refractivity contribution in [2.24, 2.45) is 11.6 Å². The van der Waals surface area contributed by atoms with Gasteiger partial charge >= 0.3 is 0 Å². The maximum atomic E-state index is 11.2. The summed E-state index contributed by atoms with van der Waals surface area (Å²) in [7, 11) is 0. The summed E-state index contributed by atoms with van der Waals surface area (Å²) < 4.78 is 11.1. The molecule has 1 amide bonds. The summed E-state index contributed by atoms with van der Waals surface area (Å²) in [5, 5.41) is 0. The Bertz CT molecular complexity index is 437. The second-order valence-corrected chi connectivity index (χ2v) is 4.15. The molecule has 1 atom stereocenters. The first-order valence-electron chi connectivity index (χ1n) is 5.85. The maximum absolute atomic E-state index is 11.2. The molecule has 1 unspecified atom stereocenters. The van der Waals surface area contributed by atoms with Crippen LogP contribution in [0.3, 0.4) is 0 Å². The van der Waals surface area contributed by atoms with E-state index in [0.717, 1.165) is 17.7 Å². The van der Waals surface area contributed by atoms with Crippen molar-refractivity contribution in [3.63, 3.8) is 0 Å². The fourth-order valence-electron chi connectivity index (χ4n) is 1.79. The monoisotopic (exact) mass is 251 g/mol. The summed E-state index contributed by atoms with van der Waals surface area (Å²) in [6.07, 6.45) is 1.26. The van der Waals surface area contributed by atoms with Crippen molar-refractivity contribution in [2.45, 2.75) is 18.9 Å². The highest BCUT2D eigenvalue weighted by atomic mass is 16.5. The smallest absolute Gasteiger partial charge is 0.251 e. The van der Waals surface area contributed by atoms with Gasteiger partial charge in [0, 0.05) is 6.42 Å². The third-order valence-corrected chi connectivity index (χ3v) is 2.75. The van der Waals surface area contributed by atoms with Gasteiger partial charge < -0.3 is 15.2 Å². The quantitative estimate of drug-likeness (QED) is 0.389. The molecule has 5 N–H and O–H groups in total. The van der Waals surface area contributed by atoms with Gasteiger partial charge in [0.25, 0.3) is 5.91 Å². The van der Waals surface area contributed by atoms with E-state index in [4.69, 9.17) is 21.1 Å². The standard InChI is InChI=1S/C12H17N3O3/c13-9(12(16)15-14)6-8-2-3-10-11(7-8)18-5-1-4-17-10/h2-3,7,9H,1,4-6,13-14H2,(H,15,16). The molecule has 6 nitrogen and oxygen atoms in total. The van der Waals surface area contributed by atoms with Crippen molar-refractivity contribution in [3.05, 3.63) is 23.8 Å². The van der Waals surface area contributed by atoms with Gasteiger partial charge in [0.15, 0.2) is 11.5 Å². The molecule has 1 heterocycles. The number of hydrogen-bond donors (Lipinski definition) is 3. The number of rotatable bonds is 3. The van der Waals surface area contributed by atoms with Crippen molar-refractivity contribution >= 4 is 5.91 Å². The van der Waals surface area contributed by atoms with Crippen LogP contribution in [0, 0.1) is 0 Å². The number of ether oxygens (including phenoxy) is 2. The molecule has 0 radical (unpaired) electrons. The molecule has 0 aliphatic carbocycles. The lowest BCUT2D eigenvalue weighted by Crippen LogP contribution is -2.45. The number of nitrogens with one attached hydrogen (secondary N) is 1. The highest BCUT2D eigenvalue weighted by Crippen LogP contribution is 2.30. The first kappa shape index (κ1) is 12.7. The number of fused-ring (bicyclic) bond motifs is 1. The Hall–Kier alpha value is -1.79. The highest BCUT2D eigenvalue weighted by molar-refractivity contribution is 5.81. The largest absolute Gasteiger partial charge is 0.490 e. The molecule has 0 aromatic heterocycles. The van der Waals surface area contributed by atoms with E-state index < -0.39 is 6.04 Å². The van der Waals surface area contributed by atoms with Crippen molar-refractivity contribution in [3.8, 4) is 11.5 Å². The molecule has 0 fully saturated rings. The third kappa shape index (κ3) is 2.91. The van der Waals surface area contributed by atoms with Crippen LogP contribution < -0.4 is 26.5 Å². The summed E-state index contributed by atoms with van der Waals surface area (Å²) in [5.41, 5.74) is 8.65. The Kier molecular flexibility index (Phi) is 4.01. The molecule has 6 heteroatoms. The van der Waals surface area contributed by atoms with E-state index in [9.17, 15) is 4.79 Å². The van der Waals surface area contributed by atoms with Crippen molar-refractivity contribution in [1.29, 1.82) is 0 Å². The normalized spacial score (nSPS) is 15.7. The number of hydrogen-bond acceptors (Lipinski definition) is 5. The highest BCUT2D eigenvalue weighted by Gasteiger charge is 2.15. The topological polar surface area (TPSA) is 99.6 Å². The number of hydrazine groups is 1. The molecular weight excluding hydrogens is 234 g/mol. The number of amides is 1. The zero-order valence-electron chi connectivity index (χ0n) is 10.0. The average molecular weight is 251 g/mol. The fourth-order valence-corrected chi connectivity index (χ4v) is 1.79. The average Bonchev–Trinajstić information content (AvgIpc) is 2.62. The number of benzene rings is 1. The summed E-state index contributed by atoms with van der Waals surface area (Å²) in [5.74, 6) is 6.08. The van der Waals surface area contributed by atoms with Gasteiger partial charge in [0.2, 0.25) is 0 Å². The molecular formula is C12H17N3O3. The maximum Gasteiger partial charge on any atom is 0.251 e. The van der Waals surface area contributed by atoms with Gasteiger partial charge in [0.05, 0.1) is 19.3 Å². The molecule has 1 aliphatic heterocycles. The van der Waals surface area contributed by atoms with E-state index >= 15 is 0 Å². The van der Waals surface area contributed by atoms with Crippen LogP contribution in [-0.4, -0.2) is 25.2 Å². The minimum absolute atomic E-state index is 0.387. The molecule has 1 aromatic rings. The SMILES string of the molecule is NNC(=O)C(N)Cc1ccc2c(c1)OCCCO2. The summed E-state index contributed by atoms with van der Waals surface area (Å²) in [4.78, 5) is 11.2. The molecule has 0 saturated heterocycles. The predicted octanol–water partition coefficient (Wildman–Crippen LogP) is -0.292. The predicted molar refractivity (Wildman–Crippen MR) is 66.1 cm³/mol. The molecule has 18 heavy (non-hydrogen) atoms. The number of nitrogens with two attached hydrogens (primary N) is 2. The zero-order chi connectivity index (χ0) is 13.0. The van der Waals surface area contributed by atoms with Crippen LogP contribution in [0.25, 0.3) is 0 Å². The van der Waals surface area contributed by atoms with Gasteiger partial charge in [-0.05, 0) is 24.1 Å². The van der Waals surface area contributed by atoms with Crippen LogP contribution in [0.2, 0.25) is 0 Å². The van der Waals surface area contributed by atoms with Crippen LogP contribution in [0.15, 0.2) is 18.2 Å². The molecule has 0 spiro atoms. The van der Waals surface area contributed by atoms with E-state index in [0.29, 0.717) is 25.4 Å². The Morgan fingerprint density at radius 2 is 2.06 bits per heavy atom. The number of carbonyl (C=O) groups excluding carboxylic acids is 1. The first-order valence-corrected chi connectivity index (χ1v) is 5.85. The van der Waals surface area contributed by atoms with Crippen LogP contribution in [-0.2, 0) is 11.2 Å². The second-order valence-electron chi connectivity index (χ2n) is 4.15. The van der Waals surface area contributed by atoms with E-state index in [1.165, 1.54) is 0 Å². The lowest BCUT2D eigenvalue weighted by molar-refractivity contribution is -0.122. The Morgan fingerprint density at radius 3 is 2.78 bits per heavy atom. The van der Waals surface area contributed by atoms with E-state index in [-0.39, 0.29) is 5.91 Å². The molecule has 1 aliphatic rings. The molecule has 0 saturated carbocycles. The van der Waals surface area contributed by atoms with Crippen LogP contribution in [0.4, 0.5) is 0 Å². The minimum Gasteiger partial charge on any atom is -0.490 e. The zero-order valence-corrected chi connectivity index (χ0v) is 10.0. The lowest BCUT2D eigenvalue weighted by Gasteiger charge is -2.12. The molecule has 98 valence electrons. The minimum atomic E-state index is -0.667. The Labute approximate surface area is 105 Å². The molecule has 0 bridgehead atoms. The third-order valence-electron chi connectivity index (χ3n) is 2.75. The van der Waals surface area contributed by atoms with E-state index in [1.54, 1.807) is 0 Å². The summed E-state index contributed by atoms with van der Waals surface area (Å²) in [6.45, 7) is 1.28. The summed E-state index contributed by atoms with van der Waals surface area (Å²) >= 11 is 0. The van der Waals surface area contributed by atoms with Crippen LogP contribution in [0.1, 0.15) is 12.0 Å². The van der Waals surface area contributed by atoms with Gasteiger partial charge in [-0.1, -0.05) is 6.07 Å². The van der Waals surface area contributed by atoms with Crippen molar-refractivity contribution in [1.82, 2.24) is 5.43 Å². The van der Waals surface area contributed by atoms with Gasteiger partial charge in [-0.15, -0.1) is 0 Å². The van der Waals surface area contributed by atoms with Gasteiger partial charge in [-0.2, -0.15) is 0 Å².